The topological polar surface area (TPSA) is 114 Å². The van der Waals surface area contributed by atoms with Crippen molar-refractivity contribution in [1.82, 2.24) is 20.2 Å². The van der Waals surface area contributed by atoms with Crippen LogP contribution in [0.1, 0.15) is 17.3 Å². The van der Waals surface area contributed by atoms with E-state index in [9.17, 15) is 9.59 Å². The van der Waals surface area contributed by atoms with Crippen molar-refractivity contribution >= 4 is 51.8 Å². The first-order valence-corrected chi connectivity index (χ1v) is 11.9. The molecule has 8 nitrogen and oxygen atoms in total. The summed E-state index contributed by atoms with van der Waals surface area (Å²) in [5.74, 6) is 0.924. The summed E-state index contributed by atoms with van der Waals surface area (Å²) in [6.07, 6.45) is 0. The summed E-state index contributed by atoms with van der Waals surface area (Å²) < 4.78 is 5.74. The van der Waals surface area contributed by atoms with Gasteiger partial charge in [-0.1, -0.05) is 23.4 Å². The number of amides is 1. The summed E-state index contributed by atoms with van der Waals surface area (Å²) in [6, 6.07) is 19.8. The van der Waals surface area contributed by atoms with E-state index in [0.29, 0.717) is 22.2 Å². The van der Waals surface area contributed by atoms with Crippen LogP contribution in [-0.4, -0.2) is 37.6 Å². The van der Waals surface area contributed by atoms with E-state index < -0.39 is 0 Å². The Hall–Kier alpha value is -3.95. The zero-order valence-corrected chi connectivity index (χ0v) is 20.0. The van der Waals surface area contributed by atoms with Crippen molar-refractivity contribution in [1.29, 1.82) is 0 Å². The number of halogens is 1. The van der Waals surface area contributed by atoms with Crippen molar-refractivity contribution in [2.75, 3.05) is 11.1 Å². The number of rotatable bonds is 7. The number of aromatic nitrogens is 4. The van der Waals surface area contributed by atoms with Crippen LogP contribution in [0.15, 0.2) is 76.4 Å². The van der Waals surface area contributed by atoms with E-state index in [2.05, 4.69) is 25.5 Å². The second-order valence-corrected chi connectivity index (χ2v) is 9.03. The van der Waals surface area contributed by atoms with E-state index in [4.69, 9.17) is 16.0 Å². The predicted octanol–water partition coefficient (Wildman–Crippen LogP) is 5.87. The Morgan fingerprint density at radius 1 is 1.00 bits per heavy atom. The van der Waals surface area contributed by atoms with Gasteiger partial charge in [0.15, 0.2) is 5.78 Å². The molecule has 35 heavy (non-hydrogen) atoms. The van der Waals surface area contributed by atoms with Crippen molar-refractivity contribution in [3.63, 3.8) is 0 Å². The molecule has 3 aromatic carbocycles. The number of nitrogens with one attached hydrogen (secondary N) is 2. The lowest BCUT2D eigenvalue weighted by atomic mass is 10.1. The summed E-state index contributed by atoms with van der Waals surface area (Å²) in [7, 11) is 0. The molecule has 0 aliphatic carbocycles. The normalized spacial score (nSPS) is 11.0. The third-order valence-corrected chi connectivity index (χ3v) is 6.23. The van der Waals surface area contributed by atoms with Crippen LogP contribution in [0.25, 0.3) is 33.9 Å². The number of aromatic amines is 1. The Morgan fingerprint density at radius 2 is 1.74 bits per heavy atom. The van der Waals surface area contributed by atoms with Crippen molar-refractivity contribution in [3.05, 3.63) is 77.3 Å². The minimum Gasteiger partial charge on any atom is -0.411 e. The summed E-state index contributed by atoms with van der Waals surface area (Å²) >= 11 is 7.11. The molecule has 0 radical (unpaired) electrons. The summed E-state index contributed by atoms with van der Waals surface area (Å²) in [6.45, 7) is 1.49. The average molecular weight is 504 g/mol. The first-order valence-electron chi connectivity index (χ1n) is 10.6. The van der Waals surface area contributed by atoms with Gasteiger partial charge in [-0.3, -0.25) is 9.59 Å². The van der Waals surface area contributed by atoms with Crippen LogP contribution in [0.5, 0.6) is 0 Å². The van der Waals surface area contributed by atoms with E-state index in [0.717, 1.165) is 39.7 Å². The van der Waals surface area contributed by atoms with Gasteiger partial charge in [-0.25, -0.2) is 4.98 Å². The Kier molecular flexibility index (Phi) is 6.35. The van der Waals surface area contributed by atoms with Crippen molar-refractivity contribution in [3.8, 4) is 22.8 Å². The van der Waals surface area contributed by atoms with Crippen molar-refractivity contribution in [2.24, 2.45) is 0 Å². The molecule has 5 aromatic rings. The first-order chi connectivity index (χ1) is 16.9. The SMILES string of the molecule is CC(=O)c1ccc(NC(=O)CSc2nnc(-c3ccc4nc(-c5ccc(Cl)cc5)[nH]c4c3)o2)cc1. The molecular weight excluding hydrogens is 486 g/mol. The van der Waals surface area contributed by atoms with Crippen LogP contribution < -0.4 is 5.32 Å². The minimum atomic E-state index is -0.223. The van der Waals surface area contributed by atoms with Gasteiger partial charge in [-0.2, -0.15) is 0 Å². The number of hydrogen-bond donors (Lipinski definition) is 2. The fourth-order valence-corrected chi connectivity index (χ4v) is 4.07. The second-order valence-electron chi connectivity index (χ2n) is 7.67. The Balaban J connectivity index is 1.24. The second kappa shape index (κ2) is 9.73. The highest BCUT2D eigenvalue weighted by molar-refractivity contribution is 7.99. The predicted molar refractivity (Wildman–Crippen MR) is 136 cm³/mol. The van der Waals surface area contributed by atoms with Gasteiger partial charge in [0.25, 0.3) is 5.22 Å². The van der Waals surface area contributed by atoms with Gasteiger partial charge in [-0.15, -0.1) is 10.2 Å². The molecule has 1 amide bonds. The Morgan fingerprint density at radius 3 is 2.49 bits per heavy atom. The number of hydrogen-bond acceptors (Lipinski definition) is 7. The van der Waals surface area contributed by atoms with Gasteiger partial charge >= 0.3 is 0 Å². The molecule has 0 atom stereocenters. The molecule has 0 unspecified atom stereocenters. The number of anilines is 1. The number of fused-ring (bicyclic) bond motifs is 1. The zero-order valence-electron chi connectivity index (χ0n) is 18.4. The molecule has 0 aliphatic heterocycles. The molecular formula is C25H18ClN5O3S. The number of ketones is 1. The highest BCUT2D eigenvalue weighted by Crippen LogP contribution is 2.28. The molecule has 2 aromatic heterocycles. The maximum Gasteiger partial charge on any atom is 0.277 e. The number of carbonyl (C=O) groups excluding carboxylic acids is 2. The van der Waals surface area contributed by atoms with Crippen molar-refractivity contribution < 1.29 is 14.0 Å². The molecule has 0 aliphatic rings. The quantitative estimate of drug-likeness (QED) is 0.211. The number of Topliss-reactive ketones (excluding diaryl/α,β-unsaturated/α-hetero) is 1. The number of H-pyrrole nitrogens is 1. The molecule has 0 bridgehead atoms. The highest BCUT2D eigenvalue weighted by atomic mass is 35.5. The molecule has 2 heterocycles. The Bertz CT molecular complexity index is 1530. The van der Waals surface area contributed by atoms with Crippen LogP contribution in [-0.2, 0) is 4.79 Å². The van der Waals surface area contributed by atoms with Gasteiger partial charge in [0.2, 0.25) is 11.8 Å². The van der Waals surface area contributed by atoms with Crippen LogP contribution >= 0.6 is 23.4 Å². The summed E-state index contributed by atoms with van der Waals surface area (Å²) in [5.41, 5.74) is 4.49. The number of benzene rings is 3. The summed E-state index contributed by atoms with van der Waals surface area (Å²) in [5, 5.41) is 11.9. The van der Waals surface area contributed by atoms with E-state index in [1.54, 1.807) is 24.3 Å². The van der Waals surface area contributed by atoms with Crippen molar-refractivity contribution in [2.45, 2.75) is 12.1 Å². The molecule has 0 spiro atoms. The lowest BCUT2D eigenvalue weighted by Gasteiger charge is -2.04. The molecule has 10 heteroatoms. The highest BCUT2D eigenvalue weighted by Gasteiger charge is 2.14. The lowest BCUT2D eigenvalue weighted by Crippen LogP contribution is -2.14. The molecule has 0 fully saturated rings. The van der Waals surface area contributed by atoms with Crippen LogP contribution in [0.2, 0.25) is 5.02 Å². The van der Waals surface area contributed by atoms with Gasteiger partial charge in [-0.05, 0) is 73.7 Å². The average Bonchev–Trinajstić information content (AvgIpc) is 3.50. The standard InChI is InChI=1S/C25H18ClN5O3S/c1-14(32)15-4-9-19(10-5-15)27-22(33)13-35-25-31-30-24(34-25)17-6-11-20-21(12-17)29-23(28-20)16-2-7-18(26)8-3-16/h2-12H,13H2,1H3,(H,27,33)(H,28,29). The van der Waals surface area contributed by atoms with E-state index in [1.807, 2.05) is 42.5 Å². The number of thioether (sulfide) groups is 1. The fourth-order valence-electron chi connectivity index (χ4n) is 3.38. The molecule has 0 saturated carbocycles. The Labute approximate surface area is 209 Å². The third-order valence-electron chi connectivity index (χ3n) is 5.15. The number of carbonyl (C=O) groups is 2. The van der Waals surface area contributed by atoms with Gasteiger partial charge in [0.05, 0.1) is 16.8 Å². The zero-order chi connectivity index (χ0) is 24.4. The first kappa shape index (κ1) is 22.8. The molecule has 174 valence electrons. The van der Waals surface area contributed by atoms with Gasteiger partial charge in [0.1, 0.15) is 5.82 Å². The van der Waals surface area contributed by atoms with Crippen LogP contribution in [0.3, 0.4) is 0 Å². The third kappa shape index (κ3) is 5.26. The fraction of sp³-hybridized carbons (Fsp3) is 0.0800. The largest absolute Gasteiger partial charge is 0.411 e. The van der Waals surface area contributed by atoms with E-state index in [1.165, 1.54) is 6.92 Å². The maximum absolute atomic E-state index is 12.3. The lowest BCUT2D eigenvalue weighted by molar-refractivity contribution is -0.113. The molecule has 5 rings (SSSR count). The molecule has 2 N–H and O–H groups in total. The number of nitrogens with zero attached hydrogens (tertiary/aromatic N) is 3. The smallest absolute Gasteiger partial charge is 0.277 e. The van der Waals surface area contributed by atoms with Crippen LogP contribution in [0.4, 0.5) is 5.69 Å². The summed E-state index contributed by atoms with van der Waals surface area (Å²) in [4.78, 5) is 31.5. The van der Waals surface area contributed by atoms with Gasteiger partial charge in [0, 0.05) is 27.4 Å². The van der Waals surface area contributed by atoms with E-state index >= 15 is 0 Å². The maximum atomic E-state index is 12.3. The monoisotopic (exact) mass is 503 g/mol. The van der Waals surface area contributed by atoms with Crippen LogP contribution in [0, 0.1) is 0 Å². The van der Waals surface area contributed by atoms with E-state index in [-0.39, 0.29) is 22.7 Å². The van der Waals surface area contributed by atoms with Gasteiger partial charge < -0.3 is 14.7 Å². The number of imidazole rings is 1. The minimum absolute atomic E-state index is 0.0284. The molecule has 0 saturated heterocycles.